The van der Waals surface area contributed by atoms with Gasteiger partial charge in [0.1, 0.15) is 11.3 Å². The summed E-state index contributed by atoms with van der Waals surface area (Å²) in [6, 6.07) is 3.93. The Morgan fingerprint density at radius 3 is 2.71 bits per heavy atom. The Hall–Kier alpha value is -2.51. The number of pyridine rings is 1. The van der Waals surface area contributed by atoms with Gasteiger partial charge in [-0.2, -0.15) is 18.3 Å². The van der Waals surface area contributed by atoms with Crippen molar-refractivity contribution in [2.45, 2.75) is 12.7 Å². The van der Waals surface area contributed by atoms with E-state index < -0.39 is 11.9 Å². The molecule has 0 amide bonds. The summed E-state index contributed by atoms with van der Waals surface area (Å²) < 4.78 is 41.4. The maximum absolute atomic E-state index is 12.9. The summed E-state index contributed by atoms with van der Waals surface area (Å²) in [7, 11) is 1.78. The van der Waals surface area contributed by atoms with Crippen molar-refractivity contribution in [3.05, 3.63) is 48.2 Å². The number of anilines is 1. The van der Waals surface area contributed by atoms with Crippen molar-refractivity contribution in [3.63, 3.8) is 0 Å². The van der Waals surface area contributed by atoms with Crippen LogP contribution in [0.15, 0.2) is 36.8 Å². The number of hydrogen-bond acceptors (Lipinski definition) is 3. The molecule has 0 aromatic carbocycles. The molecule has 3 aromatic rings. The third kappa shape index (κ3) is 2.69. The van der Waals surface area contributed by atoms with Gasteiger partial charge in [-0.3, -0.25) is 9.08 Å². The first-order valence-electron chi connectivity index (χ1n) is 6.20. The van der Waals surface area contributed by atoms with E-state index >= 15 is 0 Å². The molecule has 5 nitrogen and oxygen atoms in total. The quantitative estimate of drug-likeness (QED) is 0.808. The van der Waals surface area contributed by atoms with Gasteiger partial charge in [0.2, 0.25) is 0 Å². The van der Waals surface area contributed by atoms with Gasteiger partial charge >= 0.3 is 6.18 Å². The number of aryl methyl sites for hydroxylation is 1. The lowest BCUT2D eigenvalue weighted by Gasteiger charge is -2.08. The molecule has 0 aliphatic heterocycles. The van der Waals surface area contributed by atoms with E-state index in [0.29, 0.717) is 12.2 Å². The van der Waals surface area contributed by atoms with E-state index in [1.54, 1.807) is 30.2 Å². The van der Waals surface area contributed by atoms with E-state index in [9.17, 15) is 13.2 Å². The number of aromatic nitrogens is 4. The monoisotopic (exact) mass is 295 g/mol. The van der Waals surface area contributed by atoms with Crippen molar-refractivity contribution < 1.29 is 13.2 Å². The van der Waals surface area contributed by atoms with Crippen LogP contribution in [0.4, 0.5) is 18.9 Å². The first-order valence-corrected chi connectivity index (χ1v) is 6.20. The number of fused-ring (bicyclic) bond motifs is 1. The zero-order valence-electron chi connectivity index (χ0n) is 11.1. The average Bonchev–Trinajstić information content (AvgIpc) is 3.00. The molecule has 0 unspecified atom stereocenters. The molecule has 0 aliphatic rings. The third-order valence-electron chi connectivity index (χ3n) is 3.01. The summed E-state index contributed by atoms with van der Waals surface area (Å²) in [6.07, 6.45) is 0.393. The van der Waals surface area contributed by atoms with Crippen LogP contribution >= 0.6 is 0 Å². The van der Waals surface area contributed by atoms with Gasteiger partial charge in [0, 0.05) is 19.4 Å². The molecule has 3 rings (SSSR count). The molecule has 1 N–H and O–H groups in total. The number of rotatable bonds is 3. The number of nitrogens with one attached hydrogen (secondary N) is 1. The minimum Gasteiger partial charge on any atom is -0.377 e. The Kier molecular flexibility index (Phi) is 3.08. The van der Waals surface area contributed by atoms with E-state index in [1.807, 2.05) is 0 Å². The zero-order valence-corrected chi connectivity index (χ0v) is 11.1. The molecule has 0 bridgehead atoms. The summed E-state index contributed by atoms with van der Waals surface area (Å²) in [5, 5.41) is 7.06. The molecule has 0 spiro atoms. The smallest absolute Gasteiger partial charge is 0.377 e. The molecule has 8 heteroatoms. The molecule has 0 radical (unpaired) electrons. The Morgan fingerprint density at radius 2 is 2.05 bits per heavy atom. The number of imidazole rings is 1. The van der Waals surface area contributed by atoms with Gasteiger partial charge in [0.25, 0.3) is 0 Å². The number of alkyl halides is 3. The Labute approximate surface area is 118 Å². The summed E-state index contributed by atoms with van der Waals surface area (Å²) in [6.45, 7) is 0.324. The molecular formula is C13H12F3N5. The molecule has 21 heavy (non-hydrogen) atoms. The van der Waals surface area contributed by atoms with E-state index in [0.717, 1.165) is 16.2 Å². The van der Waals surface area contributed by atoms with Crippen LogP contribution in [0.5, 0.6) is 0 Å². The molecule has 3 heterocycles. The predicted molar refractivity (Wildman–Crippen MR) is 70.7 cm³/mol. The maximum atomic E-state index is 12.9. The number of halogens is 3. The Balaban J connectivity index is 1.87. The minimum atomic E-state index is -4.41. The van der Waals surface area contributed by atoms with Gasteiger partial charge in [-0.05, 0) is 12.1 Å². The van der Waals surface area contributed by atoms with Crippen LogP contribution in [-0.4, -0.2) is 19.2 Å². The van der Waals surface area contributed by atoms with Crippen LogP contribution in [0, 0.1) is 0 Å². The van der Waals surface area contributed by atoms with Gasteiger partial charge in [0.05, 0.1) is 24.1 Å². The normalized spacial score (nSPS) is 12.0. The molecule has 110 valence electrons. The summed E-state index contributed by atoms with van der Waals surface area (Å²) in [5.41, 5.74) is 0.842. The van der Waals surface area contributed by atoms with E-state index in [-0.39, 0.29) is 5.65 Å². The highest BCUT2D eigenvalue weighted by atomic mass is 19.4. The van der Waals surface area contributed by atoms with Gasteiger partial charge < -0.3 is 5.32 Å². The van der Waals surface area contributed by atoms with Crippen molar-refractivity contribution in [1.82, 2.24) is 19.2 Å². The fourth-order valence-corrected chi connectivity index (χ4v) is 2.08. The predicted octanol–water partition coefficient (Wildman–Crippen LogP) is 2.70. The summed E-state index contributed by atoms with van der Waals surface area (Å²) >= 11 is 0. The lowest BCUT2D eigenvalue weighted by molar-refractivity contribution is -0.142. The minimum absolute atomic E-state index is 0.271. The van der Waals surface area contributed by atoms with Crippen LogP contribution in [-0.2, 0) is 19.8 Å². The second-order valence-electron chi connectivity index (χ2n) is 4.63. The zero-order chi connectivity index (χ0) is 15.0. The molecular weight excluding hydrogens is 283 g/mol. The highest BCUT2D eigenvalue weighted by Gasteiger charge is 2.33. The number of nitrogens with zero attached hydrogens (tertiary/aromatic N) is 4. The van der Waals surface area contributed by atoms with Crippen molar-refractivity contribution in [2.24, 2.45) is 7.05 Å². The fourth-order valence-electron chi connectivity index (χ4n) is 2.08. The van der Waals surface area contributed by atoms with Gasteiger partial charge in [-0.15, -0.1) is 0 Å². The SMILES string of the molecule is Cn1cc(NCc2cn3c(C(F)(F)F)cccc3n2)cn1. The van der Waals surface area contributed by atoms with Gasteiger partial charge in [0.15, 0.2) is 0 Å². The highest BCUT2D eigenvalue weighted by Crippen LogP contribution is 2.29. The molecule has 0 fully saturated rings. The molecule has 3 aromatic heterocycles. The standard InChI is InChI=1S/C13H12F3N5/c1-20-7-9(6-18-20)17-5-10-8-21-11(13(14,15)16)3-2-4-12(21)19-10/h2-4,6-8,17H,5H2,1H3. The van der Waals surface area contributed by atoms with Crippen LogP contribution in [0.1, 0.15) is 11.4 Å². The molecule has 0 atom stereocenters. The lowest BCUT2D eigenvalue weighted by Crippen LogP contribution is -2.10. The molecule has 0 aliphatic carbocycles. The average molecular weight is 295 g/mol. The topological polar surface area (TPSA) is 47.2 Å². The Bertz CT molecular complexity index is 772. The fraction of sp³-hybridized carbons (Fsp3) is 0.231. The first-order chi connectivity index (χ1) is 9.93. The second kappa shape index (κ2) is 4.80. The largest absolute Gasteiger partial charge is 0.431 e. The first kappa shape index (κ1) is 13.5. The van der Waals surface area contributed by atoms with Gasteiger partial charge in [-0.25, -0.2) is 4.98 Å². The van der Waals surface area contributed by atoms with E-state index in [1.165, 1.54) is 12.3 Å². The van der Waals surface area contributed by atoms with Crippen LogP contribution in [0.3, 0.4) is 0 Å². The van der Waals surface area contributed by atoms with Crippen molar-refractivity contribution >= 4 is 11.3 Å². The van der Waals surface area contributed by atoms with Gasteiger partial charge in [-0.1, -0.05) is 6.07 Å². The lowest BCUT2D eigenvalue weighted by atomic mass is 10.3. The molecule has 0 saturated carbocycles. The van der Waals surface area contributed by atoms with Crippen LogP contribution < -0.4 is 5.32 Å². The molecule has 0 saturated heterocycles. The van der Waals surface area contributed by atoms with E-state index in [2.05, 4.69) is 15.4 Å². The van der Waals surface area contributed by atoms with Crippen LogP contribution in [0.2, 0.25) is 0 Å². The summed E-state index contributed by atoms with van der Waals surface area (Å²) in [5.74, 6) is 0. The summed E-state index contributed by atoms with van der Waals surface area (Å²) in [4.78, 5) is 4.18. The Morgan fingerprint density at radius 1 is 1.24 bits per heavy atom. The van der Waals surface area contributed by atoms with Crippen molar-refractivity contribution in [1.29, 1.82) is 0 Å². The van der Waals surface area contributed by atoms with Crippen molar-refractivity contribution in [2.75, 3.05) is 5.32 Å². The van der Waals surface area contributed by atoms with E-state index in [4.69, 9.17) is 0 Å². The van der Waals surface area contributed by atoms with Crippen LogP contribution in [0.25, 0.3) is 5.65 Å². The maximum Gasteiger partial charge on any atom is 0.431 e. The van der Waals surface area contributed by atoms with Crippen molar-refractivity contribution in [3.8, 4) is 0 Å². The highest BCUT2D eigenvalue weighted by molar-refractivity contribution is 5.44. The second-order valence-corrected chi connectivity index (χ2v) is 4.63. The third-order valence-corrected chi connectivity index (χ3v) is 3.01. The number of hydrogen-bond donors (Lipinski definition) is 1.